The molecule has 0 saturated heterocycles. The maximum Gasteiger partial charge on any atom is 0.274 e. The fourth-order valence-corrected chi connectivity index (χ4v) is 3.85. The van der Waals surface area contributed by atoms with E-state index >= 15 is 0 Å². The molecule has 5 heteroatoms. The molecule has 0 amide bonds. The lowest BCUT2D eigenvalue weighted by Gasteiger charge is -2.40. The number of hydrogen-bond donors (Lipinski definition) is 1. The number of halogens is 1. The number of nitrogens with two attached hydrogens (primary N) is 1. The van der Waals surface area contributed by atoms with Crippen LogP contribution >= 0.6 is 11.6 Å². The van der Waals surface area contributed by atoms with Gasteiger partial charge in [-0.1, -0.05) is 43.9 Å². The Hall–Kier alpha value is -1.13. The largest absolute Gasteiger partial charge is 0.330 e. The molecule has 1 saturated carbocycles. The average Bonchev–Trinajstić information content (AvgIpc) is 2.49. The molecule has 2 rings (SSSR count). The van der Waals surface area contributed by atoms with E-state index < -0.39 is 0 Å². The van der Waals surface area contributed by atoms with Gasteiger partial charge in [-0.2, -0.15) is 0 Å². The smallest absolute Gasteiger partial charge is 0.274 e. The third kappa shape index (κ3) is 3.55. The molecule has 21 heavy (non-hydrogen) atoms. The molecule has 1 aliphatic rings. The van der Waals surface area contributed by atoms with E-state index in [-0.39, 0.29) is 16.0 Å². The zero-order valence-corrected chi connectivity index (χ0v) is 13.2. The van der Waals surface area contributed by atoms with E-state index in [0.29, 0.717) is 29.5 Å². The van der Waals surface area contributed by atoms with Gasteiger partial charge < -0.3 is 5.73 Å². The van der Waals surface area contributed by atoms with E-state index in [1.807, 2.05) is 0 Å². The van der Waals surface area contributed by atoms with Gasteiger partial charge in [0.05, 0.1) is 9.95 Å². The quantitative estimate of drug-likeness (QED) is 0.650. The number of nitro groups is 1. The summed E-state index contributed by atoms with van der Waals surface area (Å²) in [7, 11) is 0. The first kappa shape index (κ1) is 16.2. The van der Waals surface area contributed by atoms with E-state index in [9.17, 15) is 10.1 Å². The van der Waals surface area contributed by atoms with Crippen molar-refractivity contribution >= 4 is 17.3 Å². The molecule has 1 aliphatic carbocycles. The summed E-state index contributed by atoms with van der Waals surface area (Å²) in [5.74, 6) is 0.670. The van der Waals surface area contributed by atoms with Crippen LogP contribution < -0.4 is 5.73 Å². The van der Waals surface area contributed by atoms with Gasteiger partial charge in [0.2, 0.25) is 0 Å². The Morgan fingerprint density at radius 1 is 1.52 bits per heavy atom. The van der Waals surface area contributed by atoms with Crippen LogP contribution in [0.2, 0.25) is 5.02 Å². The average molecular weight is 311 g/mol. The van der Waals surface area contributed by atoms with E-state index in [0.717, 1.165) is 25.7 Å². The highest BCUT2D eigenvalue weighted by molar-refractivity contribution is 6.31. The van der Waals surface area contributed by atoms with Crippen LogP contribution in [0.1, 0.15) is 44.6 Å². The van der Waals surface area contributed by atoms with E-state index in [1.54, 1.807) is 12.1 Å². The van der Waals surface area contributed by atoms with Crippen LogP contribution in [0.4, 0.5) is 5.69 Å². The minimum atomic E-state index is -0.342. The van der Waals surface area contributed by atoms with Crippen molar-refractivity contribution in [3.8, 4) is 0 Å². The summed E-state index contributed by atoms with van der Waals surface area (Å²) in [5.41, 5.74) is 6.78. The van der Waals surface area contributed by atoms with Crippen molar-refractivity contribution in [3.63, 3.8) is 0 Å². The summed E-state index contributed by atoms with van der Waals surface area (Å²) in [6, 6.07) is 4.90. The number of hydrogen-bond acceptors (Lipinski definition) is 3. The molecule has 0 bridgehead atoms. The van der Waals surface area contributed by atoms with Gasteiger partial charge in [-0.05, 0) is 43.2 Å². The highest BCUT2D eigenvalue weighted by Gasteiger charge is 2.37. The Bertz CT molecular complexity index is 521. The second-order valence-electron chi connectivity index (χ2n) is 6.25. The number of benzene rings is 1. The van der Waals surface area contributed by atoms with E-state index in [1.165, 1.54) is 12.5 Å². The first-order chi connectivity index (χ1) is 10.0. The zero-order chi connectivity index (χ0) is 15.5. The Morgan fingerprint density at radius 2 is 2.29 bits per heavy atom. The molecule has 1 aromatic carbocycles. The van der Waals surface area contributed by atoms with Gasteiger partial charge >= 0.3 is 0 Å². The lowest BCUT2D eigenvalue weighted by Crippen LogP contribution is -2.38. The van der Waals surface area contributed by atoms with Crippen molar-refractivity contribution in [2.24, 2.45) is 17.1 Å². The minimum absolute atomic E-state index is 0.0469. The lowest BCUT2D eigenvalue weighted by molar-refractivity contribution is -0.385. The summed E-state index contributed by atoms with van der Waals surface area (Å²) >= 11 is 6.24. The van der Waals surface area contributed by atoms with Crippen LogP contribution in [0, 0.1) is 21.4 Å². The SMILES string of the molecule is CCC1CCCC(CN)(Cc2c(Cl)cccc2[N+](=O)[O-])C1. The van der Waals surface area contributed by atoms with Crippen molar-refractivity contribution < 1.29 is 4.92 Å². The molecule has 0 aliphatic heterocycles. The summed E-state index contributed by atoms with van der Waals surface area (Å²) in [4.78, 5) is 10.9. The van der Waals surface area contributed by atoms with E-state index in [2.05, 4.69) is 6.92 Å². The number of nitrogens with zero attached hydrogens (tertiary/aromatic N) is 1. The third-order valence-corrected chi connectivity index (χ3v) is 5.25. The summed E-state index contributed by atoms with van der Waals surface area (Å²) < 4.78 is 0. The maximum atomic E-state index is 11.2. The minimum Gasteiger partial charge on any atom is -0.330 e. The number of nitro benzene ring substituents is 1. The zero-order valence-electron chi connectivity index (χ0n) is 12.5. The molecule has 2 unspecified atom stereocenters. The molecule has 0 spiro atoms. The molecule has 2 N–H and O–H groups in total. The molecular weight excluding hydrogens is 288 g/mol. The lowest BCUT2D eigenvalue weighted by atomic mass is 9.66. The molecule has 0 aromatic heterocycles. The Labute approximate surface area is 130 Å². The van der Waals surface area contributed by atoms with Gasteiger partial charge in [0.25, 0.3) is 5.69 Å². The third-order valence-electron chi connectivity index (χ3n) is 4.89. The maximum absolute atomic E-state index is 11.2. The molecular formula is C16H23ClN2O2. The van der Waals surface area contributed by atoms with Gasteiger partial charge in [0, 0.05) is 11.6 Å². The topological polar surface area (TPSA) is 69.2 Å². The molecule has 116 valence electrons. The monoisotopic (exact) mass is 310 g/mol. The Kier molecular flexibility index (Phi) is 5.22. The highest BCUT2D eigenvalue weighted by atomic mass is 35.5. The van der Waals surface area contributed by atoms with Gasteiger partial charge in [-0.15, -0.1) is 0 Å². The van der Waals surface area contributed by atoms with Crippen LogP contribution in [0.3, 0.4) is 0 Å². The van der Waals surface area contributed by atoms with Crippen molar-refractivity contribution in [1.82, 2.24) is 0 Å². The molecule has 0 heterocycles. The molecule has 1 fully saturated rings. The van der Waals surface area contributed by atoms with Crippen LogP contribution in [-0.2, 0) is 6.42 Å². The van der Waals surface area contributed by atoms with Crippen molar-refractivity contribution in [2.45, 2.75) is 45.4 Å². The first-order valence-corrected chi connectivity index (χ1v) is 8.01. The molecule has 1 aromatic rings. The van der Waals surface area contributed by atoms with Crippen LogP contribution in [-0.4, -0.2) is 11.5 Å². The molecule has 2 atom stereocenters. The second-order valence-corrected chi connectivity index (χ2v) is 6.65. The number of rotatable bonds is 5. The van der Waals surface area contributed by atoms with Crippen LogP contribution in [0.25, 0.3) is 0 Å². The standard InChI is InChI=1S/C16H23ClN2O2/c1-2-12-5-4-8-16(9-12,11-18)10-13-14(17)6-3-7-15(13)19(20)21/h3,6-7,12H,2,4-5,8-11,18H2,1H3. The predicted octanol–water partition coefficient (Wildman–Crippen LogP) is 4.34. The Morgan fingerprint density at radius 3 is 2.90 bits per heavy atom. The van der Waals surface area contributed by atoms with Crippen molar-refractivity contribution in [1.29, 1.82) is 0 Å². The highest BCUT2D eigenvalue weighted by Crippen LogP contribution is 2.44. The summed E-state index contributed by atoms with van der Waals surface area (Å²) in [6.07, 6.45) is 6.21. The molecule has 0 radical (unpaired) electrons. The van der Waals surface area contributed by atoms with Gasteiger partial charge in [0.1, 0.15) is 0 Å². The van der Waals surface area contributed by atoms with Crippen LogP contribution in [0.15, 0.2) is 18.2 Å². The van der Waals surface area contributed by atoms with Crippen LogP contribution in [0.5, 0.6) is 0 Å². The predicted molar refractivity (Wildman–Crippen MR) is 85.5 cm³/mol. The first-order valence-electron chi connectivity index (χ1n) is 7.63. The fourth-order valence-electron chi connectivity index (χ4n) is 3.62. The molecule has 4 nitrogen and oxygen atoms in total. The summed E-state index contributed by atoms with van der Waals surface area (Å²) in [5, 5.41) is 11.7. The second kappa shape index (κ2) is 6.75. The van der Waals surface area contributed by atoms with E-state index in [4.69, 9.17) is 17.3 Å². The van der Waals surface area contributed by atoms with Gasteiger partial charge in [-0.3, -0.25) is 10.1 Å². The van der Waals surface area contributed by atoms with Gasteiger partial charge in [-0.25, -0.2) is 0 Å². The fraction of sp³-hybridized carbons (Fsp3) is 0.625. The van der Waals surface area contributed by atoms with Crippen molar-refractivity contribution in [2.75, 3.05) is 6.54 Å². The summed E-state index contributed by atoms with van der Waals surface area (Å²) in [6.45, 7) is 2.76. The van der Waals surface area contributed by atoms with Crippen molar-refractivity contribution in [3.05, 3.63) is 38.9 Å². The Balaban J connectivity index is 2.32. The normalized spacial score (nSPS) is 25.8. The van der Waals surface area contributed by atoms with Gasteiger partial charge in [0.15, 0.2) is 0 Å².